The van der Waals surface area contributed by atoms with Gasteiger partial charge in [-0.25, -0.2) is 4.98 Å². The van der Waals surface area contributed by atoms with Gasteiger partial charge in [0.2, 0.25) is 5.91 Å². The Hall–Kier alpha value is -4.26. The highest BCUT2D eigenvalue weighted by Gasteiger charge is 2.12. The van der Waals surface area contributed by atoms with Gasteiger partial charge in [0.1, 0.15) is 12.2 Å². The smallest absolute Gasteiger partial charge is 0.272 e. The van der Waals surface area contributed by atoms with E-state index >= 15 is 0 Å². The molecule has 32 heavy (non-hydrogen) atoms. The van der Waals surface area contributed by atoms with Gasteiger partial charge < -0.3 is 10.6 Å². The Kier molecular flexibility index (Phi) is 6.07. The zero-order valence-corrected chi connectivity index (χ0v) is 17.5. The molecule has 0 aliphatic heterocycles. The van der Waals surface area contributed by atoms with Crippen molar-refractivity contribution >= 4 is 28.5 Å². The predicted molar refractivity (Wildman–Crippen MR) is 123 cm³/mol. The summed E-state index contributed by atoms with van der Waals surface area (Å²) in [6.45, 7) is 1.93. The lowest BCUT2D eigenvalue weighted by atomic mass is 10.1. The van der Waals surface area contributed by atoms with Crippen LogP contribution in [0.15, 0.2) is 83.7 Å². The number of hydrogen-bond acceptors (Lipinski definition) is 4. The molecule has 1 heterocycles. The summed E-state index contributed by atoms with van der Waals surface area (Å²) in [5, 5.41) is 5.64. The van der Waals surface area contributed by atoms with Crippen LogP contribution in [0.4, 0.5) is 5.69 Å². The van der Waals surface area contributed by atoms with Crippen LogP contribution in [0, 0.1) is 6.92 Å². The number of anilines is 1. The lowest BCUT2D eigenvalue weighted by Crippen LogP contribution is -2.30. The minimum Gasteiger partial charge on any atom is -0.348 e. The topological polar surface area (TPSA) is 93.1 Å². The molecule has 0 spiro atoms. The quantitative estimate of drug-likeness (QED) is 0.495. The molecule has 0 saturated heterocycles. The van der Waals surface area contributed by atoms with Gasteiger partial charge in [0.25, 0.3) is 11.5 Å². The van der Waals surface area contributed by atoms with Gasteiger partial charge in [-0.2, -0.15) is 0 Å². The van der Waals surface area contributed by atoms with Crippen molar-refractivity contribution in [3.8, 4) is 0 Å². The largest absolute Gasteiger partial charge is 0.348 e. The molecule has 0 bridgehead atoms. The van der Waals surface area contributed by atoms with Crippen LogP contribution in [0.1, 0.15) is 21.6 Å². The first-order chi connectivity index (χ1) is 15.5. The minimum absolute atomic E-state index is 0.137. The number of carbonyl (C=O) groups is 2. The third-order valence-electron chi connectivity index (χ3n) is 5.04. The standard InChI is InChI=1S/C25H22N4O3/c1-17-25(32)29(22-10-6-5-9-21(22)27-17)16-23(30)28-20-13-11-19(12-14-20)24(31)26-15-18-7-3-2-4-8-18/h2-14H,15-16H2,1H3,(H,26,31)(H,28,30). The van der Waals surface area contributed by atoms with Crippen molar-refractivity contribution in [2.75, 3.05) is 5.32 Å². The molecule has 7 nitrogen and oxygen atoms in total. The van der Waals surface area contributed by atoms with Gasteiger partial charge in [-0.3, -0.25) is 19.0 Å². The van der Waals surface area contributed by atoms with E-state index in [0.717, 1.165) is 5.56 Å². The van der Waals surface area contributed by atoms with Crippen molar-refractivity contribution in [3.05, 3.63) is 106 Å². The normalized spacial score (nSPS) is 10.7. The van der Waals surface area contributed by atoms with E-state index in [0.29, 0.717) is 34.5 Å². The van der Waals surface area contributed by atoms with Crippen molar-refractivity contribution in [1.29, 1.82) is 0 Å². The molecule has 3 aromatic carbocycles. The Labute approximate surface area is 184 Å². The van der Waals surface area contributed by atoms with Crippen molar-refractivity contribution < 1.29 is 9.59 Å². The summed E-state index contributed by atoms with van der Waals surface area (Å²) >= 11 is 0. The average molecular weight is 426 g/mol. The third-order valence-corrected chi connectivity index (χ3v) is 5.04. The zero-order chi connectivity index (χ0) is 22.5. The van der Waals surface area contributed by atoms with Crippen molar-refractivity contribution in [3.63, 3.8) is 0 Å². The lowest BCUT2D eigenvalue weighted by molar-refractivity contribution is -0.116. The van der Waals surface area contributed by atoms with E-state index in [1.807, 2.05) is 36.4 Å². The number of fused-ring (bicyclic) bond motifs is 1. The van der Waals surface area contributed by atoms with Crippen molar-refractivity contribution in [1.82, 2.24) is 14.9 Å². The molecule has 0 radical (unpaired) electrons. The van der Waals surface area contributed by atoms with Gasteiger partial charge in [-0.15, -0.1) is 0 Å². The first-order valence-corrected chi connectivity index (χ1v) is 10.2. The van der Waals surface area contributed by atoms with Crippen LogP contribution in [-0.2, 0) is 17.9 Å². The Morgan fingerprint density at radius 2 is 1.59 bits per heavy atom. The van der Waals surface area contributed by atoms with Gasteiger partial charge in [-0.1, -0.05) is 42.5 Å². The average Bonchev–Trinajstić information content (AvgIpc) is 2.81. The number of nitrogens with zero attached hydrogens (tertiary/aromatic N) is 2. The maximum absolute atomic E-state index is 12.6. The fraction of sp³-hybridized carbons (Fsp3) is 0.120. The van der Waals surface area contributed by atoms with E-state index in [1.165, 1.54) is 4.57 Å². The van der Waals surface area contributed by atoms with Gasteiger partial charge in [-0.05, 0) is 48.9 Å². The second kappa shape index (κ2) is 9.26. The van der Waals surface area contributed by atoms with Crippen molar-refractivity contribution in [2.24, 2.45) is 0 Å². The number of rotatable bonds is 6. The number of para-hydroxylation sites is 2. The first-order valence-electron chi connectivity index (χ1n) is 10.2. The summed E-state index contributed by atoms with van der Waals surface area (Å²) in [5.41, 5.74) is 3.33. The Morgan fingerprint density at radius 3 is 2.34 bits per heavy atom. The van der Waals surface area contributed by atoms with Gasteiger partial charge in [0, 0.05) is 17.8 Å². The summed E-state index contributed by atoms with van der Waals surface area (Å²) < 4.78 is 1.42. The van der Waals surface area contributed by atoms with Crippen LogP contribution >= 0.6 is 0 Å². The molecule has 0 saturated carbocycles. The summed E-state index contributed by atoms with van der Waals surface area (Å²) in [7, 11) is 0. The van der Waals surface area contributed by atoms with Gasteiger partial charge >= 0.3 is 0 Å². The highest BCUT2D eigenvalue weighted by molar-refractivity contribution is 5.96. The number of benzene rings is 3. The number of aryl methyl sites for hydroxylation is 1. The van der Waals surface area contributed by atoms with Crippen LogP contribution in [0.3, 0.4) is 0 Å². The molecular weight excluding hydrogens is 404 g/mol. The number of aromatic nitrogens is 2. The molecule has 4 rings (SSSR count). The Balaban J connectivity index is 1.41. The zero-order valence-electron chi connectivity index (χ0n) is 17.5. The highest BCUT2D eigenvalue weighted by Crippen LogP contribution is 2.12. The summed E-state index contributed by atoms with van der Waals surface area (Å²) in [6, 6.07) is 23.5. The van der Waals surface area contributed by atoms with E-state index in [1.54, 1.807) is 49.4 Å². The number of amides is 2. The van der Waals surface area contributed by atoms with Crippen LogP contribution in [0.5, 0.6) is 0 Å². The number of nitrogens with one attached hydrogen (secondary N) is 2. The first kappa shape index (κ1) is 21.0. The molecule has 0 fully saturated rings. The third kappa shape index (κ3) is 4.73. The lowest BCUT2D eigenvalue weighted by Gasteiger charge is -2.12. The highest BCUT2D eigenvalue weighted by atomic mass is 16.2. The van der Waals surface area contributed by atoms with E-state index in [4.69, 9.17) is 0 Å². The van der Waals surface area contributed by atoms with E-state index in [9.17, 15) is 14.4 Å². The molecule has 0 atom stereocenters. The number of carbonyl (C=O) groups excluding carboxylic acids is 2. The fourth-order valence-corrected chi connectivity index (χ4v) is 3.41. The van der Waals surface area contributed by atoms with Crippen molar-refractivity contribution in [2.45, 2.75) is 20.0 Å². The molecule has 2 amide bonds. The van der Waals surface area contributed by atoms with E-state index < -0.39 is 0 Å². The summed E-state index contributed by atoms with van der Waals surface area (Å²) in [5.74, 6) is -0.541. The maximum atomic E-state index is 12.6. The molecule has 7 heteroatoms. The number of hydrogen-bond donors (Lipinski definition) is 2. The minimum atomic E-state index is -0.343. The van der Waals surface area contributed by atoms with Gasteiger partial charge in [0.05, 0.1) is 11.0 Å². The van der Waals surface area contributed by atoms with E-state index in [2.05, 4.69) is 15.6 Å². The second-order valence-corrected chi connectivity index (χ2v) is 7.37. The Morgan fingerprint density at radius 1 is 0.906 bits per heavy atom. The van der Waals surface area contributed by atoms with Crippen LogP contribution < -0.4 is 16.2 Å². The monoisotopic (exact) mass is 426 g/mol. The van der Waals surface area contributed by atoms with Gasteiger partial charge in [0.15, 0.2) is 0 Å². The van der Waals surface area contributed by atoms with E-state index in [-0.39, 0.29) is 23.9 Å². The molecule has 0 aliphatic carbocycles. The maximum Gasteiger partial charge on any atom is 0.272 e. The molecular formula is C25H22N4O3. The second-order valence-electron chi connectivity index (χ2n) is 7.37. The molecule has 2 N–H and O–H groups in total. The SMILES string of the molecule is Cc1nc2ccccc2n(CC(=O)Nc2ccc(C(=O)NCc3ccccc3)cc2)c1=O. The molecule has 4 aromatic rings. The Bertz CT molecular complexity index is 1330. The molecule has 160 valence electrons. The summed E-state index contributed by atoms with van der Waals surface area (Å²) in [6.07, 6.45) is 0. The van der Waals surface area contributed by atoms with Crippen LogP contribution in [0.2, 0.25) is 0 Å². The van der Waals surface area contributed by atoms with Crippen LogP contribution in [0.25, 0.3) is 11.0 Å². The predicted octanol–water partition coefficient (Wildman–Crippen LogP) is 3.27. The summed E-state index contributed by atoms with van der Waals surface area (Å²) in [4.78, 5) is 41.8. The molecule has 0 unspecified atom stereocenters. The fourth-order valence-electron chi connectivity index (χ4n) is 3.41. The van der Waals surface area contributed by atoms with Crippen LogP contribution in [-0.4, -0.2) is 21.4 Å². The molecule has 1 aromatic heterocycles. The molecule has 0 aliphatic rings.